The second-order valence-electron chi connectivity index (χ2n) is 6.22. The molecule has 3 nitrogen and oxygen atoms in total. The van der Waals surface area contributed by atoms with Crippen molar-refractivity contribution >= 4 is 16.7 Å². The number of hydrogen-bond acceptors (Lipinski definition) is 3. The molecule has 0 fully saturated rings. The van der Waals surface area contributed by atoms with Crippen LogP contribution in [0.2, 0.25) is 0 Å². The highest BCUT2D eigenvalue weighted by Crippen LogP contribution is 2.37. The molecule has 4 rings (SSSR count). The SMILES string of the molecule is Cc1cccc2c(C(=O)c3ccccc3)c(O)c(-c3ccccc3)nc12. The van der Waals surface area contributed by atoms with Crippen molar-refractivity contribution in [1.29, 1.82) is 0 Å². The van der Waals surface area contributed by atoms with Crippen LogP contribution in [-0.4, -0.2) is 15.9 Å². The zero-order chi connectivity index (χ0) is 18.1. The maximum atomic E-state index is 13.2. The Labute approximate surface area is 151 Å². The summed E-state index contributed by atoms with van der Waals surface area (Å²) in [5.41, 5.74) is 3.72. The molecule has 0 bridgehead atoms. The van der Waals surface area contributed by atoms with Crippen molar-refractivity contribution in [3.05, 3.63) is 95.6 Å². The van der Waals surface area contributed by atoms with E-state index in [0.29, 0.717) is 22.2 Å². The minimum atomic E-state index is -0.210. The quantitative estimate of drug-likeness (QED) is 0.525. The van der Waals surface area contributed by atoms with Gasteiger partial charge >= 0.3 is 0 Å². The summed E-state index contributed by atoms with van der Waals surface area (Å²) < 4.78 is 0. The molecule has 1 N–H and O–H groups in total. The molecule has 1 aromatic heterocycles. The first-order chi connectivity index (χ1) is 12.7. The van der Waals surface area contributed by atoms with Gasteiger partial charge in [0.2, 0.25) is 0 Å². The van der Waals surface area contributed by atoms with Crippen LogP contribution in [0.5, 0.6) is 5.75 Å². The zero-order valence-electron chi connectivity index (χ0n) is 14.3. The Kier molecular flexibility index (Phi) is 3.98. The van der Waals surface area contributed by atoms with Gasteiger partial charge in [-0.05, 0) is 12.5 Å². The number of aromatic hydroxyl groups is 1. The van der Waals surface area contributed by atoms with Crippen molar-refractivity contribution < 1.29 is 9.90 Å². The molecule has 1 heterocycles. The Hall–Kier alpha value is -3.46. The van der Waals surface area contributed by atoms with Crippen molar-refractivity contribution in [1.82, 2.24) is 4.98 Å². The molecule has 0 saturated carbocycles. The normalized spacial score (nSPS) is 10.8. The van der Waals surface area contributed by atoms with Crippen LogP contribution in [0.25, 0.3) is 22.2 Å². The summed E-state index contributed by atoms with van der Waals surface area (Å²) in [6.07, 6.45) is 0. The molecule has 0 spiro atoms. The third-order valence-electron chi connectivity index (χ3n) is 4.50. The average molecular weight is 339 g/mol. The molecule has 126 valence electrons. The number of pyridine rings is 1. The molecule has 0 amide bonds. The number of aromatic nitrogens is 1. The van der Waals surface area contributed by atoms with Gasteiger partial charge < -0.3 is 5.11 Å². The number of hydrogen-bond donors (Lipinski definition) is 1. The number of benzene rings is 3. The molecule has 26 heavy (non-hydrogen) atoms. The molecule has 0 radical (unpaired) electrons. The molecule has 4 aromatic rings. The van der Waals surface area contributed by atoms with E-state index in [0.717, 1.165) is 16.6 Å². The number of carbonyl (C=O) groups is 1. The summed E-state index contributed by atoms with van der Waals surface area (Å²) in [5.74, 6) is -0.290. The van der Waals surface area contributed by atoms with E-state index in [-0.39, 0.29) is 11.5 Å². The summed E-state index contributed by atoms with van der Waals surface area (Å²) in [7, 11) is 0. The fourth-order valence-electron chi connectivity index (χ4n) is 3.18. The second kappa shape index (κ2) is 6.45. The summed E-state index contributed by atoms with van der Waals surface area (Å²) in [6.45, 7) is 1.96. The second-order valence-corrected chi connectivity index (χ2v) is 6.22. The first-order valence-electron chi connectivity index (χ1n) is 8.44. The molecular weight excluding hydrogens is 322 g/mol. The number of rotatable bonds is 3. The van der Waals surface area contributed by atoms with Crippen LogP contribution >= 0.6 is 0 Å². The third-order valence-corrected chi connectivity index (χ3v) is 4.50. The molecule has 0 unspecified atom stereocenters. The van der Waals surface area contributed by atoms with Crippen LogP contribution in [0.1, 0.15) is 21.5 Å². The Morgan fingerprint density at radius 3 is 2.19 bits per heavy atom. The van der Waals surface area contributed by atoms with E-state index >= 15 is 0 Å². The van der Waals surface area contributed by atoms with Crippen LogP contribution in [0.4, 0.5) is 0 Å². The van der Waals surface area contributed by atoms with Crippen molar-refractivity contribution in [2.24, 2.45) is 0 Å². The summed E-state index contributed by atoms with van der Waals surface area (Å²) in [6, 6.07) is 24.1. The van der Waals surface area contributed by atoms with Crippen molar-refractivity contribution in [2.75, 3.05) is 0 Å². The van der Waals surface area contributed by atoms with Gasteiger partial charge in [0.15, 0.2) is 11.5 Å². The van der Waals surface area contributed by atoms with Crippen molar-refractivity contribution in [3.63, 3.8) is 0 Å². The lowest BCUT2D eigenvalue weighted by molar-refractivity contribution is 0.103. The number of para-hydroxylation sites is 1. The summed E-state index contributed by atoms with van der Waals surface area (Å²) in [5, 5.41) is 11.6. The van der Waals surface area contributed by atoms with E-state index in [2.05, 4.69) is 4.98 Å². The summed E-state index contributed by atoms with van der Waals surface area (Å²) in [4.78, 5) is 17.9. The predicted octanol–water partition coefficient (Wildman–Crippen LogP) is 5.15. The minimum absolute atomic E-state index is 0.0804. The zero-order valence-corrected chi connectivity index (χ0v) is 14.3. The molecule has 3 aromatic carbocycles. The average Bonchev–Trinajstić information content (AvgIpc) is 2.69. The topological polar surface area (TPSA) is 50.2 Å². The molecule has 0 aliphatic heterocycles. The Balaban J connectivity index is 2.06. The predicted molar refractivity (Wildman–Crippen MR) is 103 cm³/mol. The maximum Gasteiger partial charge on any atom is 0.197 e. The van der Waals surface area contributed by atoms with Gasteiger partial charge in [-0.1, -0.05) is 78.9 Å². The van der Waals surface area contributed by atoms with Gasteiger partial charge in [0.1, 0.15) is 5.69 Å². The number of fused-ring (bicyclic) bond motifs is 1. The fourth-order valence-corrected chi connectivity index (χ4v) is 3.18. The number of aryl methyl sites for hydroxylation is 1. The Morgan fingerprint density at radius 2 is 1.50 bits per heavy atom. The Morgan fingerprint density at radius 1 is 0.846 bits per heavy atom. The van der Waals surface area contributed by atoms with Crippen LogP contribution in [0.15, 0.2) is 78.9 Å². The molecule has 0 aliphatic carbocycles. The van der Waals surface area contributed by atoms with E-state index in [9.17, 15) is 9.90 Å². The monoisotopic (exact) mass is 339 g/mol. The van der Waals surface area contributed by atoms with Gasteiger partial charge in [0.05, 0.1) is 11.1 Å². The highest BCUT2D eigenvalue weighted by molar-refractivity contribution is 6.19. The van der Waals surface area contributed by atoms with Crippen LogP contribution < -0.4 is 0 Å². The molecular formula is C23H17NO2. The lowest BCUT2D eigenvalue weighted by atomic mass is 9.95. The number of carbonyl (C=O) groups excluding carboxylic acids is 1. The first kappa shape index (κ1) is 16.0. The fraction of sp³-hybridized carbons (Fsp3) is 0.0435. The molecule has 0 atom stereocenters. The van der Waals surface area contributed by atoms with Crippen LogP contribution in [0.3, 0.4) is 0 Å². The largest absolute Gasteiger partial charge is 0.505 e. The lowest BCUT2D eigenvalue weighted by Crippen LogP contribution is -2.05. The van der Waals surface area contributed by atoms with E-state index in [1.54, 1.807) is 12.1 Å². The van der Waals surface area contributed by atoms with E-state index in [4.69, 9.17) is 0 Å². The maximum absolute atomic E-state index is 13.2. The van der Waals surface area contributed by atoms with E-state index in [1.165, 1.54) is 0 Å². The van der Waals surface area contributed by atoms with E-state index < -0.39 is 0 Å². The van der Waals surface area contributed by atoms with E-state index in [1.807, 2.05) is 73.7 Å². The van der Waals surface area contributed by atoms with Crippen LogP contribution in [-0.2, 0) is 0 Å². The number of ketones is 1. The van der Waals surface area contributed by atoms with Gasteiger partial charge in [-0.3, -0.25) is 4.79 Å². The highest BCUT2D eigenvalue weighted by Gasteiger charge is 2.22. The standard InChI is InChI=1S/C23H17NO2/c1-15-9-8-14-18-19(22(25)17-12-6-3-7-13-17)23(26)21(24-20(15)18)16-10-4-2-5-11-16/h2-14,26H,1H3. The van der Waals surface area contributed by atoms with Gasteiger partial charge in [-0.25, -0.2) is 4.98 Å². The van der Waals surface area contributed by atoms with Crippen molar-refractivity contribution in [3.8, 4) is 17.0 Å². The summed E-state index contributed by atoms with van der Waals surface area (Å²) >= 11 is 0. The molecule has 0 aliphatic rings. The first-order valence-corrected chi connectivity index (χ1v) is 8.44. The highest BCUT2D eigenvalue weighted by atomic mass is 16.3. The minimum Gasteiger partial charge on any atom is -0.505 e. The number of nitrogens with zero attached hydrogens (tertiary/aromatic N) is 1. The van der Waals surface area contributed by atoms with Gasteiger partial charge in [-0.15, -0.1) is 0 Å². The smallest absolute Gasteiger partial charge is 0.197 e. The van der Waals surface area contributed by atoms with Crippen LogP contribution in [0, 0.1) is 6.92 Å². The van der Waals surface area contributed by atoms with Gasteiger partial charge in [0, 0.05) is 16.5 Å². The molecule has 0 saturated heterocycles. The third kappa shape index (κ3) is 2.64. The van der Waals surface area contributed by atoms with Gasteiger partial charge in [-0.2, -0.15) is 0 Å². The molecule has 3 heteroatoms. The van der Waals surface area contributed by atoms with Crippen molar-refractivity contribution in [2.45, 2.75) is 6.92 Å². The van der Waals surface area contributed by atoms with Gasteiger partial charge in [0.25, 0.3) is 0 Å². The lowest BCUT2D eigenvalue weighted by Gasteiger charge is -2.14. The Bertz CT molecular complexity index is 1100.